The minimum atomic E-state index is -0.0696. The van der Waals surface area contributed by atoms with Gasteiger partial charge in [0.25, 0.3) is 0 Å². The third kappa shape index (κ3) is 5.54. The fourth-order valence-electron chi connectivity index (χ4n) is 4.95. The Morgan fingerprint density at radius 1 is 0.960 bits per heavy atom. The van der Waals surface area contributed by atoms with E-state index >= 15 is 0 Å². The van der Waals surface area contributed by atoms with E-state index in [1.165, 1.54) is 32.1 Å². The monoisotopic (exact) mass is 350 g/mol. The Morgan fingerprint density at radius 3 is 2.12 bits per heavy atom. The molecule has 4 nitrogen and oxygen atoms in total. The lowest BCUT2D eigenvalue weighted by Gasteiger charge is -2.48. The Balaban J connectivity index is 1.90. The average molecular weight is 351 g/mol. The summed E-state index contributed by atoms with van der Waals surface area (Å²) in [7, 11) is 0. The first-order valence-corrected chi connectivity index (χ1v) is 10.3. The van der Waals surface area contributed by atoms with Crippen molar-refractivity contribution in [1.82, 2.24) is 10.2 Å². The molecule has 0 aromatic rings. The third-order valence-electron chi connectivity index (χ3n) is 5.72. The van der Waals surface area contributed by atoms with Crippen LogP contribution >= 0.6 is 0 Å². The van der Waals surface area contributed by atoms with Crippen molar-refractivity contribution in [3.8, 4) is 0 Å². The van der Waals surface area contributed by atoms with Crippen molar-refractivity contribution in [3.63, 3.8) is 0 Å². The molecule has 2 heterocycles. The van der Waals surface area contributed by atoms with Crippen molar-refractivity contribution >= 4 is 11.8 Å². The number of amides is 2. The zero-order valence-electron chi connectivity index (χ0n) is 17.0. The fraction of sp³-hybridized carbons (Fsp3) is 0.905. The first-order valence-electron chi connectivity index (χ1n) is 10.3. The molecule has 2 rings (SSSR count). The van der Waals surface area contributed by atoms with Crippen molar-refractivity contribution < 1.29 is 9.59 Å². The lowest BCUT2D eigenvalue weighted by molar-refractivity contribution is -0.144. The molecule has 2 amide bonds. The normalized spacial score (nSPS) is 26.4. The van der Waals surface area contributed by atoms with E-state index < -0.39 is 0 Å². The van der Waals surface area contributed by atoms with Crippen LogP contribution in [0.3, 0.4) is 0 Å². The van der Waals surface area contributed by atoms with Crippen LogP contribution in [0, 0.1) is 5.92 Å². The van der Waals surface area contributed by atoms with Gasteiger partial charge in [0, 0.05) is 29.5 Å². The van der Waals surface area contributed by atoms with Gasteiger partial charge in [-0.15, -0.1) is 0 Å². The summed E-state index contributed by atoms with van der Waals surface area (Å²) in [5.41, 5.74) is -0.102. The Hall–Kier alpha value is -0.900. The molecule has 144 valence electrons. The van der Waals surface area contributed by atoms with E-state index in [-0.39, 0.29) is 34.9 Å². The van der Waals surface area contributed by atoms with Gasteiger partial charge in [0.05, 0.1) is 0 Å². The maximum Gasteiger partial charge on any atom is 0.233 e. The second-order valence-electron chi connectivity index (χ2n) is 9.51. The van der Waals surface area contributed by atoms with Crippen LogP contribution in [0.5, 0.6) is 0 Å². The number of imide groups is 1. The van der Waals surface area contributed by atoms with Gasteiger partial charge in [-0.1, -0.05) is 45.4 Å². The van der Waals surface area contributed by atoms with Crippen molar-refractivity contribution in [2.45, 2.75) is 116 Å². The lowest BCUT2D eigenvalue weighted by Crippen LogP contribution is -2.62. The zero-order chi connectivity index (χ0) is 18.7. The molecule has 1 unspecified atom stereocenters. The first-order chi connectivity index (χ1) is 11.7. The van der Waals surface area contributed by atoms with Gasteiger partial charge in [-0.05, 0) is 47.0 Å². The van der Waals surface area contributed by atoms with Crippen LogP contribution in [0.4, 0.5) is 0 Å². The number of nitrogens with zero attached hydrogens (tertiary/aromatic N) is 1. The highest BCUT2D eigenvalue weighted by atomic mass is 16.2. The van der Waals surface area contributed by atoms with E-state index in [4.69, 9.17) is 0 Å². The summed E-state index contributed by atoms with van der Waals surface area (Å²) in [6, 6.07) is 0.0424. The summed E-state index contributed by atoms with van der Waals surface area (Å²) in [6.45, 7) is 10.9. The molecule has 0 aliphatic carbocycles. The van der Waals surface area contributed by atoms with Crippen molar-refractivity contribution in [2.24, 2.45) is 5.92 Å². The largest absolute Gasteiger partial charge is 0.307 e. The molecule has 0 radical (unpaired) electrons. The van der Waals surface area contributed by atoms with Gasteiger partial charge in [-0.2, -0.15) is 0 Å². The summed E-state index contributed by atoms with van der Waals surface area (Å²) in [5.74, 6) is 0.0799. The molecule has 0 bridgehead atoms. The van der Waals surface area contributed by atoms with Crippen LogP contribution in [0.1, 0.15) is 98.8 Å². The number of likely N-dealkylation sites (tertiary alicyclic amines) is 1. The van der Waals surface area contributed by atoms with Crippen LogP contribution in [-0.4, -0.2) is 33.8 Å². The van der Waals surface area contributed by atoms with Crippen molar-refractivity contribution in [1.29, 1.82) is 0 Å². The van der Waals surface area contributed by atoms with E-state index in [1.54, 1.807) is 4.90 Å². The summed E-state index contributed by atoms with van der Waals surface area (Å²) >= 11 is 0. The highest BCUT2D eigenvalue weighted by molar-refractivity contribution is 6.03. The number of piperidine rings is 1. The number of rotatable bonds is 8. The first kappa shape index (κ1) is 20.4. The van der Waals surface area contributed by atoms with Crippen molar-refractivity contribution in [2.75, 3.05) is 0 Å². The van der Waals surface area contributed by atoms with Gasteiger partial charge >= 0.3 is 0 Å². The predicted octanol–water partition coefficient (Wildman–Crippen LogP) is 4.42. The van der Waals surface area contributed by atoms with E-state index in [9.17, 15) is 9.59 Å². The fourth-order valence-corrected chi connectivity index (χ4v) is 4.95. The molecular weight excluding hydrogens is 312 g/mol. The van der Waals surface area contributed by atoms with Crippen LogP contribution < -0.4 is 5.32 Å². The summed E-state index contributed by atoms with van der Waals surface area (Å²) < 4.78 is 0. The smallest absolute Gasteiger partial charge is 0.233 e. The Bertz CT molecular complexity index is 468. The van der Waals surface area contributed by atoms with Crippen LogP contribution in [0.2, 0.25) is 0 Å². The molecule has 25 heavy (non-hydrogen) atoms. The van der Waals surface area contributed by atoms with Crippen molar-refractivity contribution in [3.05, 3.63) is 0 Å². The summed E-state index contributed by atoms with van der Waals surface area (Å²) in [5, 5.41) is 3.64. The molecular formula is C21H38N2O2. The van der Waals surface area contributed by atoms with Crippen LogP contribution in [-0.2, 0) is 9.59 Å². The minimum absolute atomic E-state index is 0.0424. The highest BCUT2D eigenvalue weighted by Gasteiger charge is 2.47. The highest BCUT2D eigenvalue weighted by Crippen LogP contribution is 2.36. The number of nitrogens with one attached hydrogen (secondary N) is 1. The maximum absolute atomic E-state index is 12.9. The number of hydrogen-bond acceptors (Lipinski definition) is 3. The second-order valence-corrected chi connectivity index (χ2v) is 9.51. The van der Waals surface area contributed by atoms with E-state index in [2.05, 4.69) is 39.9 Å². The van der Waals surface area contributed by atoms with Gasteiger partial charge in [-0.3, -0.25) is 14.5 Å². The van der Waals surface area contributed by atoms with Gasteiger partial charge < -0.3 is 5.32 Å². The molecule has 1 atom stereocenters. The average Bonchev–Trinajstić information content (AvgIpc) is 2.74. The molecule has 0 saturated carbocycles. The van der Waals surface area contributed by atoms with Crippen LogP contribution in [0.15, 0.2) is 0 Å². The van der Waals surface area contributed by atoms with E-state index in [0.717, 1.165) is 25.7 Å². The lowest BCUT2D eigenvalue weighted by atomic mass is 9.79. The molecule has 1 N–H and O–H groups in total. The molecule has 2 aliphatic rings. The minimum Gasteiger partial charge on any atom is -0.307 e. The Labute approximate surface area is 154 Å². The second kappa shape index (κ2) is 8.20. The summed E-state index contributed by atoms with van der Waals surface area (Å²) in [6.07, 6.45) is 10.4. The topological polar surface area (TPSA) is 49.4 Å². The molecule has 4 heteroatoms. The third-order valence-corrected chi connectivity index (χ3v) is 5.72. The number of carbonyl (C=O) groups is 2. The van der Waals surface area contributed by atoms with Gasteiger partial charge in [0.1, 0.15) is 0 Å². The van der Waals surface area contributed by atoms with E-state index in [1.807, 2.05) is 0 Å². The zero-order valence-corrected chi connectivity index (χ0v) is 17.0. The molecule has 0 aromatic carbocycles. The van der Waals surface area contributed by atoms with Crippen LogP contribution in [0.25, 0.3) is 0 Å². The number of unbranched alkanes of at least 4 members (excludes halogenated alkanes) is 5. The molecule has 2 saturated heterocycles. The number of carbonyl (C=O) groups excluding carboxylic acids is 2. The van der Waals surface area contributed by atoms with Gasteiger partial charge in [0.2, 0.25) is 11.8 Å². The molecule has 2 aliphatic heterocycles. The predicted molar refractivity (Wildman–Crippen MR) is 102 cm³/mol. The SMILES string of the molecule is CCCCCCCCC1CC(=O)N(C2CC(C)(C)NC(C)(C)C2)C1=O. The van der Waals surface area contributed by atoms with Gasteiger partial charge in [-0.25, -0.2) is 0 Å². The Kier molecular flexibility index (Phi) is 6.69. The van der Waals surface area contributed by atoms with Gasteiger partial charge in [0.15, 0.2) is 0 Å². The molecule has 2 fully saturated rings. The quantitative estimate of drug-likeness (QED) is 0.521. The summed E-state index contributed by atoms with van der Waals surface area (Å²) in [4.78, 5) is 27.1. The number of hydrogen-bond donors (Lipinski definition) is 1. The van der Waals surface area contributed by atoms with E-state index in [0.29, 0.717) is 6.42 Å². The Morgan fingerprint density at radius 2 is 1.52 bits per heavy atom. The standard InChI is InChI=1S/C21H38N2O2/c1-6-7-8-9-10-11-12-16-13-18(24)23(19(16)25)17-14-20(2,3)22-21(4,5)15-17/h16-17,22H,6-15H2,1-5H3. The molecule has 0 aromatic heterocycles. The maximum atomic E-state index is 12.9. The molecule has 0 spiro atoms.